The minimum Gasteiger partial charge on any atom is -0.332 e. The Labute approximate surface area is 204 Å². The summed E-state index contributed by atoms with van der Waals surface area (Å²) in [5, 5.41) is 0.391. The van der Waals surface area contributed by atoms with Crippen molar-refractivity contribution in [2.45, 2.75) is 64.8 Å². The van der Waals surface area contributed by atoms with Crippen molar-refractivity contribution in [1.29, 1.82) is 0 Å². The largest absolute Gasteiger partial charge is 0.332 e. The van der Waals surface area contributed by atoms with Gasteiger partial charge in [0.1, 0.15) is 11.6 Å². The fraction of sp³-hybridized carbons (Fsp3) is 0.444. The molecule has 0 saturated heterocycles. The van der Waals surface area contributed by atoms with Crippen molar-refractivity contribution >= 4 is 28.4 Å². The van der Waals surface area contributed by atoms with Crippen LogP contribution in [0.15, 0.2) is 47.3 Å². The third-order valence-corrected chi connectivity index (χ3v) is 7.02. The Morgan fingerprint density at radius 3 is 2.59 bits per heavy atom. The zero-order valence-corrected chi connectivity index (χ0v) is 20.5. The molecule has 0 bridgehead atoms. The highest BCUT2D eigenvalue weighted by atomic mass is 35.5. The van der Waals surface area contributed by atoms with Gasteiger partial charge in [-0.15, -0.1) is 0 Å². The van der Waals surface area contributed by atoms with E-state index in [1.54, 1.807) is 12.1 Å². The lowest BCUT2D eigenvalue weighted by Gasteiger charge is -2.35. The van der Waals surface area contributed by atoms with Crippen molar-refractivity contribution in [3.63, 3.8) is 0 Å². The Bertz CT molecular complexity index is 1240. The minimum absolute atomic E-state index is 0.00949. The van der Waals surface area contributed by atoms with Crippen LogP contribution in [-0.4, -0.2) is 26.9 Å². The van der Waals surface area contributed by atoms with Crippen LogP contribution in [0.5, 0.6) is 0 Å². The van der Waals surface area contributed by atoms with Crippen LogP contribution in [0.4, 0.5) is 4.39 Å². The fourth-order valence-corrected chi connectivity index (χ4v) is 5.21. The third-order valence-electron chi connectivity index (χ3n) is 6.73. The maximum atomic E-state index is 13.9. The highest BCUT2D eigenvalue weighted by Crippen LogP contribution is 2.32. The summed E-state index contributed by atoms with van der Waals surface area (Å²) in [4.78, 5) is 34.2. The predicted octanol–water partition coefficient (Wildman–Crippen LogP) is 6.45. The van der Waals surface area contributed by atoms with Crippen LogP contribution in [-0.2, 0) is 4.79 Å². The number of para-hydroxylation sites is 1. The van der Waals surface area contributed by atoms with Gasteiger partial charge in [0.2, 0.25) is 5.91 Å². The number of carbonyl (C=O) groups is 1. The van der Waals surface area contributed by atoms with E-state index in [0.29, 0.717) is 35.4 Å². The van der Waals surface area contributed by atoms with Gasteiger partial charge in [-0.2, -0.15) is 0 Å². The Balaban J connectivity index is 1.91. The zero-order valence-electron chi connectivity index (χ0n) is 19.8. The first-order valence-corrected chi connectivity index (χ1v) is 12.6. The van der Waals surface area contributed by atoms with Crippen LogP contribution in [0, 0.1) is 11.7 Å². The summed E-state index contributed by atoms with van der Waals surface area (Å²) in [5.74, 6) is 0.0714. The van der Waals surface area contributed by atoms with Crippen molar-refractivity contribution < 1.29 is 9.18 Å². The third kappa shape index (κ3) is 4.74. The van der Waals surface area contributed by atoms with Crippen molar-refractivity contribution in [1.82, 2.24) is 14.5 Å². The first-order valence-electron chi connectivity index (χ1n) is 12.2. The summed E-state index contributed by atoms with van der Waals surface area (Å²) in [5.41, 5.74) is 0.750. The second kappa shape index (κ2) is 10.7. The number of amides is 1. The molecule has 0 spiro atoms. The number of hydrogen-bond donors (Lipinski definition) is 0. The monoisotopic (exact) mass is 483 g/mol. The summed E-state index contributed by atoms with van der Waals surface area (Å²) >= 11 is 6.09. The van der Waals surface area contributed by atoms with E-state index in [4.69, 9.17) is 16.6 Å². The molecule has 1 aromatic heterocycles. The van der Waals surface area contributed by atoms with E-state index in [1.807, 2.05) is 24.0 Å². The Kier molecular flexibility index (Phi) is 7.67. The molecule has 34 heavy (non-hydrogen) atoms. The van der Waals surface area contributed by atoms with E-state index < -0.39 is 11.9 Å². The van der Waals surface area contributed by atoms with E-state index in [2.05, 4.69) is 6.92 Å². The average Bonchev–Trinajstić information content (AvgIpc) is 2.86. The lowest BCUT2D eigenvalue weighted by molar-refractivity contribution is -0.139. The van der Waals surface area contributed by atoms with Gasteiger partial charge in [0, 0.05) is 12.5 Å². The number of rotatable bonds is 7. The van der Waals surface area contributed by atoms with Gasteiger partial charge in [-0.3, -0.25) is 14.2 Å². The normalized spacial score (nSPS) is 15.4. The Hall–Kier alpha value is -2.73. The Morgan fingerprint density at radius 2 is 1.91 bits per heavy atom. The molecule has 180 valence electrons. The number of aromatic nitrogens is 2. The molecule has 2 aromatic carbocycles. The number of benzene rings is 2. The van der Waals surface area contributed by atoms with Gasteiger partial charge in [-0.05, 0) is 56.0 Å². The molecule has 1 aliphatic carbocycles. The minimum atomic E-state index is -0.555. The summed E-state index contributed by atoms with van der Waals surface area (Å²) in [6, 6.07) is 11.0. The van der Waals surface area contributed by atoms with E-state index in [0.717, 1.165) is 32.1 Å². The van der Waals surface area contributed by atoms with Crippen LogP contribution in [0.3, 0.4) is 0 Å². The van der Waals surface area contributed by atoms with Crippen molar-refractivity contribution in [3.8, 4) is 5.69 Å². The lowest BCUT2D eigenvalue weighted by Crippen LogP contribution is -2.42. The van der Waals surface area contributed by atoms with Crippen LogP contribution in [0.25, 0.3) is 16.6 Å². The first-order chi connectivity index (χ1) is 16.5. The molecule has 1 atom stereocenters. The molecule has 0 radical (unpaired) electrons. The fourth-order valence-electron chi connectivity index (χ4n) is 5.03. The molecule has 3 aromatic rings. The van der Waals surface area contributed by atoms with E-state index in [1.165, 1.54) is 29.2 Å². The molecular weight excluding hydrogens is 453 g/mol. The second-order valence-electron chi connectivity index (χ2n) is 9.02. The summed E-state index contributed by atoms with van der Waals surface area (Å²) in [6.45, 7) is 4.64. The number of carbonyl (C=O) groups excluding carboxylic acids is 1. The van der Waals surface area contributed by atoms with Crippen LogP contribution < -0.4 is 5.56 Å². The molecule has 1 heterocycles. The van der Waals surface area contributed by atoms with Crippen molar-refractivity contribution in [3.05, 3.63) is 69.5 Å². The SMILES string of the molecule is CCCN(C(=O)C1CCCCC1)C(CC)c1nc2ccccc2c(=O)n1-c1ccc(F)c(Cl)c1. The van der Waals surface area contributed by atoms with E-state index in [-0.39, 0.29) is 22.4 Å². The van der Waals surface area contributed by atoms with Crippen LogP contribution in [0.1, 0.15) is 70.7 Å². The predicted molar refractivity (Wildman–Crippen MR) is 134 cm³/mol. The molecule has 1 fully saturated rings. The van der Waals surface area contributed by atoms with Gasteiger partial charge in [-0.1, -0.05) is 56.8 Å². The lowest BCUT2D eigenvalue weighted by atomic mass is 9.87. The van der Waals surface area contributed by atoms with Crippen molar-refractivity contribution in [2.75, 3.05) is 6.54 Å². The van der Waals surface area contributed by atoms with E-state index in [9.17, 15) is 14.0 Å². The number of nitrogens with zero attached hydrogens (tertiary/aromatic N) is 3. The topological polar surface area (TPSA) is 55.2 Å². The maximum absolute atomic E-state index is 13.9. The molecular formula is C27H31ClFN3O2. The molecule has 4 rings (SSSR count). The van der Waals surface area contributed by atoms with Gasteiger partial charge in [0.15, 0.2) is 0 Å². The molecule has 1 saturated carbocycles. The Morgan fingerprint density at radius 1 is 1.18 bits per heavy atom. The van der Waals surface area contributed by atoms with Crippen LogP contribution in [0.2, 0.25) is 5.02 Å². The summed E-state index contributed by atoms with van der Waals surface area (Å²) in [6.07, 6.45) is 6.52. The van der Waals surface area contributed by atoms with Gasteiger partial charge in [0.25, 0.3) is 5.56 Å². The zero-order chi connectivity index (χ0) is 24.2. The van der Waals surface area contributed by atoms with Gasteiger partial charge in [-0.25, -0.2) is 9.37 Å². The smallest absolute Gasteiger partial charge is 0.266 e. The highest BCUT2D eigenvalue weighted by molar-refractivity contribution is 6.30. The first kappa shape index (κ1) is 24.4. The summed E-state index contributed by atoms with van der Waals surface area (Å²) < 4.78 is 15.4. The number of halogens is 2. The van der Waals surface area contributed by atoms with Gasteiger partial charge >= 0.3 is 0 Å². The molecule has 1 aliphatic rings. The number of hydrogen-bond acceptors (Lipinski definition) is 3. The number of fused-ring (bicyclic) bond motifs is 1. The standard InChI is InChI=1S/C27H31ClFN3O2/c1-3-16-31(26(33)18-10-6-5-7-11-18)24(4-2)25-30-23-13-9-8-12-20(23)27(34)32(25)19-14-15-22(29)21(28)17-19/h8-9,12-15,17-18,24H,3-7,10-11,16H2,1-2H3. The van der Waals surface area contributed by atoms with Crippen molar-refractivity contribution in [2.24, 2.45) is 5.92 Å². The molecule has 0 aliphatic heterocycles. The molecule has 5 nitrogen and oxygen atoms in total. The van der Waals surface area contributed by atoms with Gasteiger partial charge in [0.05, 0.1) is 27.7 Å². The van der Waals surface area contributed by atoms with Gasteiger partial charge < -0.3 is 4.90 Å². The molecule has 1 amide bonds. The average molecular weight is 484 g/mol. The molecule has 0 N–H and O–H groups in total. The quantitative estimate of drug-likeness (QED) is 0.388. The van der Waals surface area contributed by atoms with Crippen LogP contribution >= 0.6 is 11.6 Å². The molecule has 1 unspecified atom stereocenters. The van der Waals surface area contributed by atoms with E-state index >= 15 is 0 Å². The molecule has 7 heteroatoms. The highest BCUT2D eigenvalue weighted by Gasteiger charge is 2.33. The maximum Gasteiger partial charge on any atom is 0.266 e. The summed E-state index contributed by atoms with van der Waals surface area (Å²) in [7, 11) is 0. The second-order valence-corrected chi connectivity index (χ2v) is 9.42.